The number of rotatable bonds is 5. The van der Waals surface area contributed by atoms with Gasteiger partial charge in [-0.2, -0.15) is 0 Å². The molecule has 1 saturated carbocycles. The quantitative estimate of drug-likeness (QED) is 0.787. The lowest BCUT2D eigenvalue weighted by Crippen LogP contribution is -2.42. The summed E-state index contributed by atoms with van der Waals surface area (Å²) in [5, 5.41) is 9.00. The van der Waals surface area contributed by atoms with Crippen LogP contribution >= 0.6 is 0 Å². The Morgan fingerprint density at radius 2 is 2.06 bits per heavy atom. The van der Waals surface area contributed by atoms with Gasteiger partial charge < -0.3 is 15.7 Å². The van der Waals surface area contributed by atoms with Gasteiger partial charge in [0.2, 0.25) is 0 Å². The molecule has 106 valence electrons. The van der Waals surface area contributed by atoms with E-state index in [1.165, 1.54) is 51.7 Å². The van der Waals surface area contributed by atoms with E-state index in [9.17, 15) is 0 Å². The monoisotopic (exact) mass is 254 g/mol. The van der Waals surface area contributed by atoms with E-state index in [1.807, 2.05) is 0 Å². The standard InChI is InChI=1S/C15H30N2O/c1-2-12-3-4-15(16)14(9-12)11-17-7-5-13(10-17)6-8-18/h12-15,18H,2-11,16H2,1H3. The molecule has 3 heteroatoms. The lowest BCUT2D eigenvalue weighted by Gasteiger charge is -2.36. The Bertz CT molecular complexity index is 247. The normalized spacial score (nSPS) is 38.2. The maximum atomic E-state index is 9.00. The van der Waals surface area contributed by atoms with Crippen LogP contribution in [0.2, 0.25) is 0 Å². The van der Waals surface area contributed by atoms with Gasteiger partial charge in [0.05, 0.1) is 0 Å². The highest BCUT2D eigenvalue weighted by Gasteiger charge is 2.31. The first-order valence-electron chi connectivity index (χ1n) is 7.81. The lowest BCUT2D eigenvalue weighted by atomic mass is 9.77. The molecule has 2 fully saturated rings. The summed E-state index contributed by atoms with van der Waals surface area (Å²) >= 11 is 0. The summed E-state index contributed by atoms with van der Waals surface area (Å²) in [5.74, 6) is 2.33. The third-order valence-electron chi connectivity index (χ3n) is 5.13. The molecule has 18 heavy (non-hydrogen) atoms. The molecule has 0 bridgehead atoms. The second kappa shape index (κ2) is 6.88. The zero-order chi connectivity index (χ0) is 13.0. The van der Waals surface area contributed by atoms with Gasteiger partial charge in [-0.3, -0.25) is 0 Å². The van der Waals surface area contributed by atoms with Gasteiger partial charge in [-0.15, -0.1) is 0 Å². The smallest absolute Gasteiger partial charge is 0.0434 e. The first kappa shape index (κ1) is 14.3. The maximum Gasteiger partial charge on any atom is 0.0434 e. The van der Waals surface area contributed by atoms with Crippen molar-refractivity contribution in [1.29, 1.82) is 0 Å². The predicted molar refractivity (Wildman–Crippen MR) is 75.3 cm³/mol. The molecule has 2 rings (SSSR count). The molecule has 4 atom stereocenters. The van der Waals surface area contributed by atoms with Crippen molar-refractivity contribution < 1.29 is 5.11 Å². The number of nitrogens with two attached hydrogens (primary N) is 1. The van der Waals surface area contributed by atoms with Gasteiger partial charge in [-0.1, -0.05) is 13.3 Å². The Hall–Kier alpha value is -0.120. The summed E-state index contributed by atoms with van der Waals surface area (Å²) in [7, 11) is 0. The van der Waals surface area contributed by atoms with Crippen LogP contribution in [0.15, 0.2) is 0 Å². The van der Waals surface area contributed by atoms with E-state index < -0.39 is 0 Å². The zero-order valence-corrected chi connectivity index (χ0v) is 11.9. The highest BCUT2D eigenvalue weighted by atomic mass is 16.3. The Morgan fingerprint density at radius 1 is 1.22 bits per heavy atom. The van der Waals surface area contributed by atoms with E-state index in [1.54, 1.807) is 0 Å². The number of aliphatic hydroxyl groups is 1. The molecule has 1 aliphatic heterocycles. The van der Waals surface area contributed by atoms with Crippen LogP contribution in [0.3, 0.4) is 0 Å². The van der Waals surface area contributed by atoms with Gasteiger partial charge in [-0.25, -0.2) is 0 Å². The first-order chi connectivity index (χ1) is 8.72. The van der Waals surface area contributed by atoms with E-state index in [0.717, 1.165) is 18.3 Å². The molecule has 3 N–H and O–H groups in total. The van der Waals surface area contributed by atoms with Crippen molar-refractivity contribution in [3.63, 3.8) is 0 Å². The third-order valence-corrected chi connectivity index (χ3v) is 5.13. The van der Waals surface area contributed by atoms with E-state index in [-0.39, 0.29) is 0 Å². The van der Waals surface area contributed by atoms with Gasteiger partial charge in [0, 0.05) is 25.7 Å². The van der Waals surface area contributed by atoms with Gasteiger partial charge >= 0.3 is 0 Å². The minimum absolute atomic E-state index is 0.347. The number of aliphatic hydroxyl groups excluding tert-OH is 1. The van der Waals surface area contributed by atoms with Crippen molar-refractivity contribution in [1.82, 2.24) is 4.90 Å². The van der Waals surface area contributed by atoms with Crippen molar-refractivity contribution in [2.24, 2.45) is 23.5 Å². The van der Waals surface area contributed by atoms with Gasteiger partial charge in [0.25, 0.3) is 0 Å². The van der Waals surface area contributed by atoms with Crippen LogP contribution in [-0.4, -0.2) is 42.3 Å². The summed E-state index contributed by atoms with van der Waals surface area (Å²) in [6.45, 7) is 6.25. The fraction of sp³-hybridized carbons (Fsp3) is 1.00. The number of hydrogen-bond donors (Lipinski definition) is 2. The van der Waals surface area contributed by atoms with Crippen LogP contribution < -0.4 is 5.73 Å². The number of hydrogen-bond acceptors (Lipinski definition) is 3. The lowest BCUT2D eigenvalue weighted by molar-refractivity contribution is 0.166. The molecule has 4 unspecified atom stereocenters. The summed E-state index contributed by atoms with van der Waals surface area (Å²) < 4.78 is 0. The minimum atomic E-state index is 0.347. The van der Waals surface area contributed by atoms with Crippen LogP contribution in [0.25, 0.3) is 0 Å². The van der Waals surface area contributed by atoms with E-state index in [2.05, 4.69) is 11.8 Å². The predicted octanol–water partition coefficient (Wildman–Crippen LogP) is 1.84. The van der Waals surface area contributed by atoms with Crippen LogP contribution in [0, 0.1) is 17.8 Å². The van der Waals surface area contributed by atoms with Crippen molar-refractivity contribution >= 4 is 0 Å². The van der Waals surface area contributed by atoms with Crippen LogP contribution in [0.4, 0.5) is 0 Å². The first-order valence-corrected chi connectivity index (χ1v) is 7.81. The van der Waals surface area contributed by atoms with Gasteiger partial charge in [0.1, 0.15) is 0 Å². The molecule has 0 radical (unpaired) electrons. The van der Waals surface area contributed by atoms with Crippen LogP contribution in [0.5, 0.6) is 0 Å². The Morgan fingerprint density at radius 3 is 2.78 bits per heavy atom. The summed E-state index contributed by atoms with van der Waals surface area (Å²) in [6.07, 6.45) is 7.44. The van der Waals surface area contributed by atoms with Crippen molar-refractivity contribution in [3.8, 4) is 0 Å². The molecule has 0 aromatic carbocycles. The average molecular weight is 254 g/mol. The van der Waals surface area contributed by atoms with Crippen molar-refractivity contribution in [3.05, 3.63) is 0 Å². The average Bonchev–Trinajstić information content (AvgIpc) is 2.80. The van der Waals surface area contributed by atoms with Gasteiger partial charge in [0.15, 0.2) is 0 Å². The van der Waals surface area contributed by atoms with E-state index in [4.69, 9.17) is 10.8 Å². The molecule has 0 spiro atoms. The Labute approximate surface area is 112 Å². The Balaban J connectivity index is 1.78. The topological polar surface area (TPSA) is 49.5 Å². The second-order valence-corrected chi connectivity index (χ2v) is 6.44. The third kappa shape index (κ3) is 3.69. The summed E-state index contributed by atoms with van der Waals surface area (Å²) in [6, 6.07) is 0.421. The zero-order valence-electron chi connectivity index (χ0n) is 11.9. The Kier molecular flexibility index (Phi) is 5.46. The minimum Gasteiger partial charge on any atom is -0.396 e. The molecule has 1 heterocycles. The highest BCUT2D eigenvalue weighted by molar-refractivity contribution is 4.86. The van der Waals surface area contributed by atoms with E-state index in [0.29, 0.717) is 18.6 Å². The fourth-order valence-electron chi connectivity index (χ4n) is 3.79. The SMILES string of the molecule is CCC1CCC(N)C(CN2CCC(CCO)C2)C1. The molecule has 0 aromatic heterocycles. The fourth-order valence-corrected chi connectivity index (χ4v) is 3.79. The molecule has 0 aromatic rings. The largest absolute Gasteiger partial charge is 0.396 e. The van der Waals surface area contributed by atoms with Crippen LogP contribution in [-0.2, 0) is 0 Å². The second-order valence-electron chi connectivity index (χ2n) is 6.44. The molecule has 2 aliphatic rings. The van der Waals surface area contributed by atoms with E-state index >= 15 is 0 Å². The van der Waals surface area contributed by atoms with Crippen molar-refractivity contribution in [2.75, 3.05) is 26.2 Å². The molecule has 3 nitrogen and oxygen atoms in total. The molecule has 1 saturated heterocycles. The molecular formula is C15H30N2O. The van der Waals surface area contributed by atoms with Gasteiger partial charge in [-0.05, 0) is 56.4 Å². The van der Waals surface area contributed by atoms with Crippen LogP contribution in [0.1, 0.15) is 45.4 Å². The number of likely N-dealkylation sites (tertiary alicyclic amines) is 1. The molecule has 1 aliphatic carbocycles. The summed E-state index contributed by atoms with van der Waals surface area (Å²) in [5.41, 5.74) is 6.30. The maximum absolute atomic E-state index is 9.00. The number of nitrogens with zero attached hydrogens (tertiary/aromatic N) is 1. The van der Waals surface area contributed by atoms with Crippen molar-refractivity contribution in [2.45, 2.75) is 51.5 Å². The molecular weight excluding hydrogens is 224 g/mol. The summed E-state index contributed by atoms with van der Waals surface area (Å²) in [4.78, 5) is 2.59. The highest BCUT2D eigenvalue weighted by Crippen LogP contribution is 2.32. The molecule has 0 amide bonds.